The lowest BCUT2D eigenvalue weighted by molar-refractivity contribution is 0.630. The summed E-state index contributed by atoms with van der Waals surface area (Å²) in [4.78, 5) is 4.12. The van der Waals surface area contributed by atoms with Gasteiger partial charge in [0.05, 0.1) is 11.1 Å². The van der Waals surface area contributed by atoms with Crippen molar-refractivity contribution >= 4 is 33.3 Å². The van der Waals surface area contributed by atoms with E-state index in [0.29, 0.717) is 10.8 Å². The molecule has 3 N–H and O–H groups in total. The van der Waals surface area contributed by atoms with Crippen LogP contribution in [0.1, 0.15) is 24.1 Å². The van der Waals surface area contributed by atoms with Gasteiger partial charge in [0.15, 0.2) is 0 Å². The highest BCUT2D eigenvalue weighted by Crippen LogP contribution is 2.28. The normalized spacial score (nSPS) is 12.4. The van der Waals surface area contributed by atoms with Crippen LogP contribution in [0.5, 0.6) is 0 Å². The van der Waals surface area contributed by atoms with Crippen molar-refractivity contribution in [2.75, 3.05) is 12.3 Å². The van der Waals surface area contributed by atoms with Crippen molar-refractivity contribution in [1.82, 2.24) is 10.3 Å². The van der Waals surface area contributed by atoms with Crippen LogP contribution in [0, 0.1) is 0 Å². The average molecular weight is 341 g/mol. The fraction of sp³-hybridized carbons (Fsp3) is 0.214. The van der Waals surface area contributed by atoms with Gasteiger partial charge in [0.2, 0.25) is 0 Å². The van der Waals surface area contributed by atoms with E-state index in [1.807, 2.05) is 18.2 Å². The number of nitrogens with one attached hydrogen (secondary N) is 1. The Hall–Kier alpha value is -1.10. The highest BCUT2D eigenvalue weighted by Gasteiger charge is 2.16. The van der Waals surface area contributed by atoms with Gasteiger partial charge in [-0.25, -0.2) is 4.98 Å². The van der Waals surface area contributed by atoms with Crippen molar-refractivity contribution in [2.24, 2.45) is 0 Å². The highest BCUT2D eigenvalue weighted by atomic mass is 79.9. The van der Waals surface area contributed by atoms with Crippen LogP contribution in [0.3, 0.4) is 0 Å². The molecule has 0 aliphatic carbocycles. The number of nitrogens with zero attached hydrogens (tertiary/aromatic N) is 1. The molecule has 2 aromatic rings. The molecule has 0 radical (unpaired) electrons. The van der Waals surface area contributed by atoms with Crippen LogP contribution < -0.4 is 11.1 Å². The summed E-state index contributed by atoms with van der Waals surface area (Å²) in [5.41, 5.74) is 7.99. The van der Waals surface area contributed by atoms with E-state index in [4.69, 9.17) is 17.3 Å². The minimum atomic E-state index is -0.00991. The van der Waals surface area contributed by atoms with Gasteiger partial charge >= 0.3 is 0 Å². The topological polar surface area (TPSA) is 50.9 Å². The lowest BCUT2D eigenvalue weighted by atomic mass is 9.99. The maximum atomic E-state index is 6.02. The predicted octanol–water partition coefficient (Wildman–Crippen LogP) is 3.78. The SMILES string of the molecule is CCNC(c1ccc(Br)cc1)c1cc(Cl)cnc1N. The van der Waals surface area contributed by atoms with Gasteiger partial charge in [-0.05, 0) is 30.3 Å². The van der Waals surface area contributed by atoms with Gasteiger partial charge in [-0.3, -0.25) is 0 Å². The van der Waals surface area contributed by atoms with Crippen molar-refractivity contribution in [1.29, 1.82) is 0 Å². The number of halogens is 2. The van der Waals surface area contributed by atoms with Crippen molar-refractivity contribution in [3.8, 4) is 0 Å². The molecule has 1 unspecified atom stereocenters. The summed E-state index contributed by atoms with van der Waals surface area (Å²) in [5, 5.41) is 4.00. The van der Waals surface area contributed by atoms with E-state index in [-0.39, 0.29) is 6.04 Å². The van der Waals surface area contributed by atoms with Gasteiger partial charge in [-0.15, -0.1) is 0 Å². The van der Waals surface area contributed by atoms with Crippen molar-refractivity contribution in [2.45, 2.75) is 13.0 Å². The number of hydrogen-bond acceptors (Lipinski definition) is 3. The predicted molar refractivity (Wildman–Crippen MR) is 83.3 cm³/mol. The minimum absolute atomic E-state index is 0.00991. The van der Waals surface area contributed by atoms with Crippen molar-refractivity contribution in [3.05, 3.63) is 57.2 Å². The Morgan fingerprint density at radius 2 is 2.05 bits per heavy atom. The Morgan fingerprint density at radius 1 is 1.37 bits per heavy atom. The third-order valence-corrected chi connectivity index (χ3v) is 3.57. The Balaban J connectivity index is 2.44. The van der Waals surface area contributed by atoms with E-state index in [9.17, 15) is 0 Å². The van der Waals surface area contributed by atoms with E-state index < -0.39 is 0 Å². The highest BCUT2D eigenvalue weighted by molar-refractivity contribution is 9.10. The molecule has 3 nitrogen and oxygen atoms in total. The summed E-state index contributed by atoms with van der Waals surface area (Å²) in [6.07, 6.45) is 1.56. The largest absolute Gasteiger partial charge is 0.383 e. The summed E-state index contributed by atoms with van der Waals surface area (Å²) in [6, 6.07) is 9.97. The lowest BCUT2D eigenvalue weighted by Crippen LogP contribution is -2.23. The summed E-state index contributed by atoms with van der Waals surface area (Å²) in [5.74, 6) is 0.498. The first-order valence-corrected chi connectivity index (χ1v) is 7.18. The molecule has 0 amide bonds. The van der Waals surface area contributed by atoms with E-state index in [0.717, 1.165) is 22.1 Å². The van der Waals surface area contributed by atoms with Gasteiger partial charge in [-0.1, -0.05) is 46.6 Å². The van der Waals surface area contributed by atoms with E-state index in [1.165, 1.54) is 0 Å². The number of hydrogen-bond donors (Lipinski definition) is 2. The zero-order chi connectivity index (χ0) is 13.8. The minimum Gasteiger partial charge on any atom is -0.383 e. The second kappa shape index (κ2) is 6.37. The Morgan fingerprint density at radius 3 is 2.68 bits per heavy atom. The number of rotatable bonds is 4. The van der Waals surface area contributed by atoms with E-state index in [1.54, 1.807) is 6.20 Å². The maximum absolute atomic E-state index is 6.02. The molecule has 19 heavy (non-hydrogen) atoms. The molecule has 0 saturated carbocycles. The number of nitrogen functional groups attached to an aromatic ring is 1. The fourth-order valence-electron chi connectivity index (χ4n) is 1.96. The van der Waals surface area contributed by atoms with Crippen LogP contribution in [-0.4, -0.2) is 11.5 Å². The van der Waals surface area contributed by atoms with Crippen LogP contribution in [0.4, 0.5) is 5.82 Å². The third kappa shape index (κ3) is 3.47. The molecule has 0 fully saturated rings. The molecule has 0 aliphatic rings. The quantitative estimate of drug-likeness (QED) is 0.890. The number of nitrogens with two attached hydrogens (primary N) is 1. The van der Waals surface area contributed by atoms with E-state index in [2.05, 4.69) is 45.3 Å². The first kappa shape index (κ1) is 14.3. The van der Waals surface area contributed by atoms with Crippen molar-refractivity contribution < 1.29 is 0 Å². The number of pyridine rings is 1. The first-order valence-electron chi connectivity index (χ1n) is 6.01. The smallest absolute Gasteiger partial charge is 0.128 e. The van der Waals surface area contributed by atoms with Gasteiger partial charge < -0.3 is 11.1 Å². The Bertz CT molecular complexity index is 557. The number of benzene rings is 1. The standard InChI is InChI=1S/C14H15BrClN3/c1-2-18-13(9-3-5-10(15)6-4-9)12-7-11(16)8-19-14(12)17/h3-8,13,18H,2H2,1H3,(H2,17,19). The molecule has 5 heteroatoms. The molecule has 0 bridgehead atoms. The van der Waals surface area contributed by atoms with Gasteiger partial charge in [0.1, 0.15) is 5.82 Å². The summed E-state index contributed by atoms with van der Waals surface area (Å²) >= 11 is 9.46. The van der Waals surface area contributed by atoms with Gasteiger partial charge in [0, 0.05) is 16.2 Å². The average Bonchev–Trinajstić information content (AvgIpc) is 2.40. The summed E-state index contributed by atoms with van der Waals surface area (Å²) in [6.45, 7) is 2.88. The second-order valence-corrected chi connectivity index (χ2v) is 5.52. The molecular formula is C14H15BrClN3. The molecule has 1 heterocycles. The zero-order valence-corrected chi connectivity index (χ0v) is 12.9. The van der Waals surface area contributed by atoms with Gasteiger partial charge in [0.25, 0.3) is 0 Å². The molecule has 1 aromatic heterocycles. The lowest BCUT2D eigenvalue weighted by Gasteiger charge is -2.20. The van der Waals surface area contributed by atoms with Crippen molar-refractivity contribution in [3.63, 3.8) is 0 Å². The first-order chi connectivity index (χ1) is 9.11. The molecule has 0 aliphatic heterocycles. The Kier molecular flexibility index (Phi) is 4.80. The Labute approximate surface area is 126 Å². The molecule has 1 aromatic carbocycles. The monoisotopic (exact) mass is 339 g/mol. The molecule has 2 rings (SSSR count). The van der Waals surface area contributed by atoms with Gasteiger partial charge in [-0.2, -0.15) is 0 Å². The molecular weight excluding hydrogens is 326 g/mol. The molecule has 0 saturated heterocycles. The molecule has 1 atom stereocenters. The second-order valence-electron chi connectivity index (χ2n) is 4.17. The molecule has 0 spiro atoms. The maximum Gasteiger partial charge on any atom is 0.128 e. The number of aromatic nitrogens is 1. The van der Waals surface area contributed by atoms with Crippen LogP contribution >= 0.6 is 27.5 Å². The van der Waals surface area contributed by atoms with Crippen LogP contribution in [0.25, 0.3) is 0 Å². The summed E-state index contributed by atoms with van der Waals surface area (Å²) < 4.78 is 1.05. The molecule has 100 valence electrons. The fourth-order valence-corrected chi connectivity index (χ4v) is 2.39. The summed E-state index contributed by atoms with van der Waals surface area (Å²) in [7, 11) is 0. The van der Waals surface area contributed by atoms with Crippen LogP contribution in [0.15, 0.2) is 41.0 Å². The number of anilines is 1. The third-order valence-electron chi connectivity index (χ3n) is 2.84. The van der Waals surface area contributed by atoms with Crippen LogP contribution in [-0.2, 0) is 0 Å². The van der Waals surface area contributed by atoms with E-state index >= 15 is 0 Å². The van der Waals surface area contributed by atoms with Crippen LogP contribution in [0.2, 0.25) is 5.02 Å². The zero-order valence-electron chi connectivity index (χ0n) is 10.5.